The number of anilines is 1. The number of nitrogens with one attached hydrogen (secondary N) is 1. The number of alkyl halides is 3. The smallest absolute Gasteiger partial charge is 0.361 e. The van der Waals surface area contributed by atoms with Crippen LogP contribution in [0.3, 0.4) is 0 Å². The first-order chi connectivity index (χ1) is 12.2. The summed E-state index contributed by atoms with van der Waals surface area (Å²) < 4.78 is 39.2. The summed E-state index contributed by atoms with van der Waals surface area (Å²) in [6, 6.07) is 10.1. The van der Waals surface area contributed by atoms with Crippen molar-refractivity contribution in [2.75, 3.05) is 11.9 Å². The van der Waals surface area contributed by atoms with E-state index in [1.54, 1.807) is 18.2 Å². The molecule has 1 aliphatic rings. The predicted molar refractivity (Wildman–Crippen MR) is 90.7 cm³/mol. The highest BCUT2D eigenvalue weighted by Crippen LogP contribution is 2.37. The van der Waals surface area contributed by atoms with Crippen LogP contribution in [0.1, 0.15) is 22.1 Å². The molecule has 1 N–H and O–H groups in total. The van der Waals surface area contributed by atoms with Crippen molar-refractivity contribution >= 4 is 33.2 Å². The number of amides is 1. The number of carbonyl (C=O) groups is 1. The summed E-state index contributed by atoms with van der Waals surface area (Å²) in [5.74, 6) is -0.799. The van der Waals surface area contributed by atoms with Crippen LogP contribution in [0.25, 0.3) is 0 Å². The average Bonchev–Trinajstić information content (AvgIpc) is 2.56. The average molecular weight is 430 g/mol. The lowest BCUT2D eigenvalue weighted by Gasteiger charge is -2.38. The molecule has 1 heterocycles. The van der Waals surface area contributed by atoms with E-state index in [0.717, 1.165) is 6.07 Å². The fourth-order valence-corrected chi connectivity index (χ4v) is 3.14. The lowest BCUT2D eigenvalue weighted by atomic mass is 10.0. The fraction of sp³-hybridized carbons (Fsp3) is 0.188. The monoisotopic (exact) mass is 429 g/mol. The van der Waals surface area contributed by atoms with Gasteiger partial charge in [0.2, 0.25) is 0 Å². The van der Waals surface area contributed by atoms with Gasteiger partial charge < -0.3 is 10.2 Å². The highest BCUT2D eigenvalue weighted by molar-refractivity contribution is 9.10. The van der Waals surface area contributed by atoms with E-state index in [4.69, 9.17) is 0 Å². The van der Waals surface area contributed by atoms with Crippen LogP contribution in [0.15, 0.2) is 46.9 Å². The Morgan fingerprint density at radius 2 is 1.92 bits per heavy atom. The number of nitrogens with zero attached hydrogens (tertiary/aromatic N) is 2. The number of carbonyl (C=O) groups excluding carboxylic acids is 1. The molecule has 0 spiro atoms. The Hall–Kier alpha value is -2.62. The molecule has 2 aromatic rings. The maximum absolute atomic E-state index is 13.0. The Morgan fingerprint density at radius 3 is 2.58 bits per heavy atom. The van der Waals surface area contributed by atoms with E-state index in [-0.39, 0.29) is 21.3 Å². The summed E-state index contributed by atoms with van der Waals surface area (Å²) in [7, 11) is 0. The second-order valence-electron chi connectivity index (χ2n) is 5.61. The molecule has 0 fully saturated rings. The SMILES string of the molecule is O=C1c2ccccc2NC(c2ccc(Br)c([N+](=O)[O-])c2)N1CC(F)(F)F. The Labute approximate surface area is 153 Å². The van der Waals surface area contributed by atoms with Crippen molar-refractivity contribution in [2.24, 2.45) is 0 Å². The van der Waals surface area contributed by atoms with Gasteiger partial charge in [-0.05, 0) is 34.1 Å². The largest absolute Gasteiger partial charge is 0.406 e. The van der Waals surface area contributed by atoms with Gasteiger partial charge in [-0.3, -0.25) is 14.9 Å². The van der Waals surface area contributed by atoms with Crippen molar-refractivity contribution in [3.8, 4) is 0 Å². The van der Waals surface area contributed by atoms with Crippen LogP contribution in [0, 0.1) is 10.1 Å². The van der Waals surface area contributed by atoms with E-state index in [2.05, 4.69) is 21.2 Å². The molecule has 0 saturated heterocycles. The summed E-state index contributed by atoms with van der Waals surface area (Å²) in [5.41, 5.74) is 0.348. The van der Waals surface area contributed by atoms with Crippen molar-refractivity contribution in [1.29, 1.82) is 0 Å². The topological polar surface area (TPSA) is 75.5 Å². The minimum atomic E-state index is -4.62. The minimum absolute atomic E-state index is 0.111. The quantitative estimate of drug-likeness (QED) is 0.576. The first kappa shape index (κ1) is 18.2. The normalized spacial score (nSPS) is 16.8. The van der Waals surface area contributed by atoms with Crippen LogP contribution in [0.5, 0.6) is 0 Å². The van der Waals surface area contributed by atoms with E-state index < -0.39 is 29.7 Å². The molecule has 2 aromatic carbocycles. The van der Waals surface area contributed by atoms with Gasteiger partial charge in [0.25, 0.3) is 11.6 Å². The number of nitro groups is 1. The number of para-hydroxylation sites is 1. The lowest BCUT2D eigenvalue weighted by molar-refractivity contribution is -0.385. The third-order valence-electron chi connectivity index (χ3n) is 3.85. The minimum Gasteiger partial charge on any atom is -0.361 e. The van der Waals surface area contributed by atoms with Gasteiger partial charge in [-0.25, -0.2) is 0 Å². The standard InChI is InChI=1S/C16H11BrF3N3O3/c17-11-6-5-9(7-13(11)23(25)26)14-21-12-4-2-1-3-10(12)15(24)22(14)8-16(18,19)20/h1-7,14,21H,8H2. The van der Waals surface area contributed by atoms with Crippen molar-refractivity contribution in [2.45, 2.75) is 12.3 Å². The molecule has 1 amide bonds. The van der Waals surface area contributed by atoms with Gasteiger partial charge in [0.05, 0.1) is 15.0 Å². The van der Waals surface area contributed by atoms with E-state index in [1.165, 1.54) is 18.2 Å². The van der Waals surface area contributed by atoms with Crippen LogP contribution in [-0.4, -0.2) is 28.5 Å². The molecule has 1 unspecified atom stereocenters. The van der Waals surface area contributed by atoms with Gasteiger partial charge in [0, 0.05) is 17.3 Å². The van der Waals surface area contributed by atoms with Crippen LogP contribution < -0.4 is 5.32 Å². The zero-order valence-electron chi connectivity index (χ0n) is 13.0. The Bertz CT molecular complexity index is 889. The molecular weight excluding hydrogens is 419 g/mol. The number of hydrogen-bond donors (Lipinski definition) is 1. The number of fused-ring (bicyclic) bond motifs is 1. The lowest BCUT2D eigenvalue weighted by Crippen LogP contribution is -2.47. The second-order valence-corrected chi connectivity index (χ2v) is 6.46. The highest BCUT2D eigenvalue weighted by atomic mass is 79.9. The molecule has 6 nitrogen and oxygen atoms in total. The van der Waals surface area contributed by atoms with Crippen LogP contribution in [0.2, 0.25) is 0 Å². The van der Waals surface area contributed by atoms with Crippen molar-refractivity contribution in [3.05, 3.63) is 68.2 Å². The van der Waals surface area contributed by atoms with E-state index in [0.29, 0.717) is 10.6 Å². The molecule has 1 atom stereocenters. The number of hydrogen-bond acceptors (Lipinski definition) is 4. The van der Waals surface area contributed by atoms with E-state index in [9.17, 15) is 28.1 Å². The molecule has 26 heavy (non-hydrogen) atoms. The highest BCUT2D eigenvalue weighted by Gasteiger charge is 2.41. The third-order valence-corrected chi connectivity index (χ3v) is 4.53. The number of nitro benzene ring substituents is 1. The number of rotatable bonds is 3. The molecule has 0 radical (unpaired) electrons. The molecular formula is C16H11BrF3N3O3. The zero-order valence-corrected chi connectivity index (χ0v) is 14.5. The molecule has 136 valence electrons. The third kappa shape index (κ3) is 3.50. The number of benzene rings is 2. The van der Waals surface area contributed by atoms with Crippen molar-refractivity contribution < 1.29 is 22.9 Å². The maximum atomic E-state index is 13.0. The van der Waals surface area contributed by atoms with Gasteiger partial charge in [0.1, 0.15) is 12.7 Å². The molecule has 0 bridgehead atoms. The van der Waals surface area contributed by atoms with Crippen LogP contribution in [-0.2, 0) is 0 Å². The van der Waals surface area contributed by atoms with Crippen LogP contribution >= 0.6 is 15.9 Å². The zero-order chi connectivity index (χ0) is 19.1. The predicted octanol–water partition coefficient (Wildman–Crippen LogP) is 4.49. The Balaban J connectivity index is 2.09. The molecule has 0 aliphatic carbocycles. The number of halogens is 4. The molecule has 10 heteroatoms. The van der Waals surface area contributed by atoms with Gasteiger partial charge in [0.15, 0.2) is 0 Å². The first-order valence-corrected chi connectivity index (χ1v) is 8.14. The summed E-state index contributed by atoms with van der Waals surface area (Å²) in [6.45, 7) is -1.48. The molecule has 1 aliphatic heterocycles. The van der Waals surface area contributed by atoms with Crippen LogP contribution in [0.4, 0.5) is 24.5 Å². The molecule has 3 rings (SSSR count). The summed E-state index contributed by atoms with van der Waals surface area (Å²) in [6.07, 6.45) is -5.81. The second kappa shape index (κ2) is 6.60. The van der Waals surface area contributed by atoms with Crippen molar-refractivity contribution in [1.82, 2.24) is 4.90 Å². The Morgan fingerprint density at radius 1 is 1.23 bits per heavy atom. The molecule has 0 aromatic heterocycles. The van der Waals surface area contributed by atoms with E-state index in [1.807, 2.05) is 0 Å². The van der Waals surface area contributed by atoms with Gasteiger partial charge in [-0.2, -0.15) is 13.2 Å². The summed E-state index contributed by atoms with van der Waals surface area (Å²) in [4.78, 5) is 23.7. The first-order valence-electron chi connectivity index (χ1n) is 7.34. The Kier molecular flexibility index (Phi) is 4.61. The van der Waals surface area contributed by atoms with Crippen molar-refractivity contribution in [3.63, 3.8) is 0 Å². The van der Waals surface area contributed by atoms with E-state index >= 15 is 0 Å². The van der Waals surface area contributed by atoms with Gasteiger partial charge >= 0.3 is 6.18 Å². The van der Waals surface area contributed by atoms with Gasteiger partial charge in [-0.1, -0.05) is 18.2 Å². The summed E-state index contributed by atoms with van der Waals surface area (Å²) >= 11 is 3.03. The molecule has 0 saturated carbocycles. The summed E-state index contributed by atoms with van der Waals surface area (Å²) in [5, 5.41) is 14.0. The van der Waals surface area contributed by atoms with Gasteiger partial charge in [-0.15, -0.1) is 0 Å². The maximum Gasteiger partial charge on any atom is 0.406 e. The fourth-order valence-electron chi connectivity index (χ4n) is 2.75.